The van der Waals surface area contributed by atoms with E-state index in [1.165, 1.54) is 31.6 Å². The first-order valence-corrected chi connectivity index (χ1v) is 10.1. The van der Waals surface area contributed by atoms with Gasteiger partial charge in [-0.05, 0) is 36.8 Å². The predicted octanol–water partition coefficient (Wildman–Crippen LogP) is 3.57. The van der Waals surface area contributed by atoms with Gasteiger partial charge in [-0.1, -0.05) is 0 Å². The van der Waals surface area contributed by atoms with Gasteiger partial charge in [-0.2, -0.15) is 22.8 Å². The Kier molecular flexibility index (Phi) is 6.02. The van der Waals surface area contributed by atoms with E-state index in [1.54, 1.807) is 11.0 Å². The molecule has 3 aromatic rings. The summed E-state index contributed by atoms with van der Waals surface area (Å²) >= 11 is 0. The van der Waals surface area contributed by atoms with E-state index in [1.807, 2.05) is 0 Å². The van der Waals surface area contributed by atoms with Crippen molar-refractivity contribution in [1.29, 1.82) is 5.26 Å². The van der Waals surface area contributed by atoms with Crippen LogP contribution in [0.1, 0.15) is 32.7 Å². The summed E-state index contributed by atoms with van der Waals surface area (Å²) in [5, 5.41) is 14.2. The summed E-state index contributed by atoms with van der Waals surface area (Å²) in [4.78, 5) is 25.6. The third-order valence-electron chi connectivity index (χ3n) is 5.37. The monoisotopic (exact) mass is 471 g/mol. The number of pyridine rings is 1. The van der Waals surface area contributed by atoms with E-state index in [-0.39, 0.29) is 17.9 Å². The van der Waals surface area contributed by atoms with Crippen LogP contribution in [0.5, 0.6) is 0 Å². The first-order chi connectivity index (χ1) is 16.2. The number of nitrogens with zero attached hydrogens (tertiary/aromatic N) is 5. The SMILES string of the molecule is CNC(=O)c1ccc(Nc2ncnc3c2CCN(c2ccc(C#N)c(C(F)(F)F)c2)C3)nc1F. The van der Waals surface area contributed by atoms with Gasteiger partial charge in [0.1, 0.15) is 18.0 Å². The van der Waals surface area contributed by atoms with Crippen LogP contribution in [0.25, 0.3) is 0 Å². The Balaban J connectivity index is 1.58. The van der Waals surface area contributed by atoms with Crippen LogP contribution in [0.2, 0.25) is 0 Å². The van der Waals surface area contributed by atoms with Crippen molar-refractivity contribution >= 4 is 23.2 Å². The summed E-state index contributed by atoms with van der Waals surface area (Å²) in [6.07, 6.45) is -2.96. The molecule has 4 rings (SSSR count). The molecular weight excluding hydrogens is 454 g/mol. The number of halogens is 4. The summed E-state index contributed by atoms with van der Waals surface area (Å²) in [5.41, 5.74) is -0.000830. The minimum atomic E-state index is -4.65. The number of benzene rings is 1. The lowest BCUT2D eigenvalue weighted by molar-refractivity contribution is -0.137. The highest BCUT2D eigenvalue weighted by molar-refractivity contribution is 5.94. The van der Waals surface area contributed by atoms with Gasteiger partial charge >= 0.3 is 6.18 Å². The van der Waals surface area contributed by atoms with E-state index in [2.05, 4.69) is 25.6 Å². The molecule has 2 aromatic heterocycles. The van der Waals surface area contributed by atoms with Crippen molar-refractivity contribution < 1.29 is 22.4 Å². The fourth-order valence-corrected chi connectivity index (χ4v) is 3.67. The van der Waals surface area contributed by atoms with Crippen molar-refractivity contribution in [1.82, 2.24) is 20.3 Å². The number of amides is 1. The molecule has 0 unspecified atom stereocenters. The van der Waals surface area contributed by atoms with Crippen molar-refractivity contribution in [3.05, 3.63) is 70.6 Å². The number of aromatic nitrogens is 3. The summed E-state index contributed by atoms with van der Waals surface area (Å²) in [5.74, 6) is -1.03. The average molecular weight is 471 g/mol. The van der Waals surface area contributed by atoms with Crippen LogP contribution in [0.15, 0.2) is 36.7 Å². The second-order valence-corrected chi connectivity index (χ2v) is 7.40. The normalized spacial score (nSPS) is 13.1. The number of hydrogen-bond donors (Lipinski definition) is 2. The van der Waals surface area contributed by atoms with Crippen LogP contribution in [0.3, 0.4) is 0 Å². The van der Waals surface area contributed by atoms with Crippen LogP contribution in [-0.4, -0.2) is 34.5 Å². The van der Waals surface area contributed by atoms with Gasteiger partial charge < -0.3 is 15.5 Å². The van der Waals surface area contributed by atoms with Crippen molar-refractivity contribution in [2.45, 2.75) is 19.1 Å². The molecule has 0 aliphatic carbocycles. The van der Waals surface area contributed by atoms with Crippen LogP contribution < -0.4 is 15.5 Å². The molecule has 0 bridgehead atoms. The molecule has 1 aliphatic heterocycles. The van der Waals surface area contributed by atoms with Crippen LogP contribution >= 0.6 is 0 Å². The lowest BCUT2D eigenvalue weighted by Crippen LogP contribution is -2.32. The summed E-state index contributed by atoms with van der Waals surface area (Å²) in [6.45, 7) is 0.586. The number of carbonyl (C=O) groups is 1. The number of hydrogen-bond acceptors (Lipinski definition) is 7. The number of alkyl halides is 3. The van der Waals surface area contributed by atoms with E-state index in [9.17, 15) is 22.4 Å². The third kappa shape index (κ3) is 4.45. The molecule has 0 spiro atoms. The van der Waals surface area contributed by atoms with Crippen LogP contribution in [-0.2, 0) is 19.1 Å². The molecule has 1 aliphatic rings. The second-order valence-electron chi connectivity index (χ2n) is 7.40. The Morgan fingerprint density at radius 1 is 1.21 bits per heavy atom. The third-order valence-corrected chi connectivity index (χ3v) is 5.37. The molecular formula is C22H17F4N7O. The van der Waals surface area contributed by atoms with E-state index in [0.717, 1.165) is 17.7 Å². The van der Waals surface area contributed by atoms with Gasteiger partial charge in [0.25, 0.3) is 5.91 Å². The molecule has 8 nitrogen and oxygen atoms in total. The van der Waals surface area contributed by atoms with Crippen molar-refractivity contribution in [2.24, 2.45) is 0 Å². The Morgan fingerprint density at radius 3 is 2.68 bits per heavy atom. The molecule has 174 valence electrons. The highest BCUT2D eigenvalue weighted by atomic mass is 19.4. The van der Waals surface area contributed by atoms with E-state index in [4.69, 9.17) is 5.26 Å². The zero-order chi connectivity index (χ0) is 24.5. The number of anilines is 3. The van der Waals surface area contributed by atoms with Gasteiger partial charge in [-0.25, -0.2) is 15.0 Å². The first kappa shape index (κ1) is 22.9. The maximum Gasteiger partial charge on any atom is 0.417 e. The quantitative estimate of drug-likeness (QED) is 0.443. The van der Waals surface area contributed by atoms with Crippen molar-refractivity contribution in [3.63, 3.8) is 0 Å². The van der Waals surface area contributed by atoms with Crippen molar-refractivity contribution in [2.75, 3.05) is 23.8 Å². The number of carbonyl (C=O) groups excluding carboxylic acids is 1. The highest BCUT2D eigenvalue weighted by Gasteiger charge is 2.34. The molecule has 0 fully saturated rings. The summed E-state index contributed by atoms with van der Waals surface area (Å²) in [6, 6.07) is 7.90. The largest absolute Gasteiger partial charge is 0.417 e. The number of nitrogens with one attached hydrogen (secondary N) is 2. The summed E-state index contributed by atoms with van der Waals surface area (Å²) in [7, 11) is 1.38. The molecule has 0 saturated carbocycles. The van der Waals surface area contributed by atoms with Gasteiger partial charge in [0.15, 0.2) is 0 Å². The van der Waals surface area contributed by atoms with Gasteiger partial charge in [0, 0.05) is 24.8 Å². The maximum absolute atomic E-state index is 14.2. The first-order valence-electron chi connectivity index (χ1n) is 10.1. The van der Waals surface area contributed by atoms with Crippen LogP contribution in [0.4, 0.5) is 34.9 Å². The molecule has 1 aromatic carbocycles. The Bertz CT molecular complexity index is 1300. The zero-order valence-corrected chi connectivity index (χ0v) is 17.7. The topological polar surface area (TPSA) is 107 Å². The standard InChI is InChI=1S/C22H17F4N7O/c1-28-21(34)15-4-5-18(31-19(15)23)32-20-14-6-7-33(10-17(14)29-11-30-20)13-3-2-12(9-27)16(8-13)22(24,25)26/h2-5,8,11H,6-7,10H2,1H3,(H,28,34)(H,29,30,31,32). The average Bonchev–Trinajstić information content (AvgIpc) is 2.82. The lowest BCUT2D eigenvalue weighted by atomic mass is 10.0. The second kappa shape index (κ2) is 8.93. The van der Waals surface area contributed by atoms with Gasteiger partial charge in [0.2, 0.25) is 5.95 Å². The predicted molar refractivity (Wildman–Crippen MR) is 114 cm³/mol. The minimum absolute atomic E-state index is 0.135. The Hall–Kier alpha value is -4.27. The minimum Gasteiger partial charge on any atom is -0.365 e. The summed E-state index contributed by atoms with van der Waals surface area (Å²) < 4.78 is 54.2. The lowest BCUT2D eigenvalue weighted by Gasteiger charge is -2.31. The van der Waals surface area contributed by atoms with Crippen LogP contribution in [0, 0.1) is 17.3 Å². The Morgan fingerprint density at radius 2 is 2.00 bits per heavy atom. The number of rotatable bonds is 4. The van der Waals surface area contributed by atoms with E-state index < -0.39 is 29.2 Å². The zero-order valence-electron chi connectivity index (χ0n) is 17.7. The maximum atomic E-state index is 14.2. The molecule has 0 atom stereocenters. The van der Waals surface area contributed by atoms with Gasteiger partial charge in [-0.15, -0.1) is 0 Å². The molecule has 0 radical (unpaired) electrons. The van der Waals surface area contributed by atoms with Gasteiger partial charge in [0.05, 0.1) is 35.0 Å². The number of nitriles is 1. The van der Waals surface area contributed by atoms with Gasteiger partial charge in [-0.3, -0.25) is 4.79 Å². The highest BCUT2D eigenvalue weighted by Crippen LogP contribution is 2.36. The molecule has 34 heavy (non-hydrogen) atoms. The fourth-order valence-electron chi connectivity index (χ4n) is 3.67. The number of fused-ring (bicyclic) bond motifs is 1. The molecule has 1 amide bonds. The molecule has 2 N–H and O–H groups in total. The fraction of sp³-hybridized carbons (Fsp3) is 0.227. The smallest absolute Gasteiger partial charge is 0.365 e. The molecule has 12 heteroatoms. The Labute approximate surface area is 191 Å². The molecule has 0 saturated heterocycles. The van der Waals surface area contributed by atoms with Crippen molar-refractivity contribution in [3.8, 4) is 6.07 Å². The van der Waals surface area contributed by atoms with E-state index >= 15 is 0 Å². The molecule has 3 heterocycles. The van der Waals surface area contributed by atoms with E-state index in [0.29, 0.717) is 30.2 Å².